The zero-order chi connectivity index (χ0) is 18.8. The van der Waals surface area contributed by atoms with E-state index in [9.17, 15) is 13.6 Å². The van der Waals surface area contributed by atoms with Gasteiger partial charge in [0, 0.05) is 12.3 Å². The van der Waals surface area contributed by atoms with Gasteiger partial charge in [-0.1, -0.05) is 17.4 Å². The Kier molecular flexibility index (Phi) is 5.58. The van der Waals surface area contributed by atoms with Crippen LogP contribution in [0.25, 0.3) is 10.2 Å². The van der Waals surface area contributed by atoms with Gasteiger partial charge in [-0.3, -0.25) is 4.79 Å². The summed E-state index contributed by atoms with van der Waals surface area (Å²) in [5.41, 5.74) is 2.65. The van der Waals surface area contributed by atoms with Crippen molar-refractivity contribution in [1.82, 2.24) is 4.57 Å². The van der Waals surface area contributed by atoms with E-state index in [0.29, 0.717) is 11.3 Å². The molecule has 1 aromatic heterocycles. The van der Waals surface area contributed by atoms with Crippen molar-refractivity contribution in [2.24, 2.45) is 4.99 Å². The zero-order valence-corrected chi connectivity index (χ0v) is 16.3. The minimum atomic E-state index is -0.904. The number of aromatic nitrogens is 1. The summed E-state index contributed by atoms with van der Waals surface area (Å²) in [6.07, 6.45) is 2.00. The van der Waals surface area contributed by atoms with Crippen molar-refractivity contribution in [2.45, 2.75) is 20.4 Å². The highest BCUT2D eigenvalue weighted by Crippen LogP contribution is 2.22. The van der Waals surface area contributed by atoms with Crippen LogP contribution in [0.5, 0.6) is 0 Å². The number of rotatable bonds is 4. The maximum absolute atomic E-state index is 13.9. The number of thiazole rings is 1. The fraction of sp³-hybridized carbons (Fsp3) is 0.263. The largest absolute Gasteiger partial charge is 0.315 e. The molecule has 0 N–H and O–H groups in total. The molecule has 0 unspecified atom stereocenters. The van der Waals surface area contributed by atoms with Crippen molar-refractivity contribution < 1.29 is 13.6 Å². The van der Waals surface area contributed by atoms with Crippen LogP contribution in [0.2, 0.25) is 0 Å². The summed E-state index contributed by atoms with van der Waals surface area (Å²) in [6, 6.07) is 7.47. The Morgan fingerprint density at radius 1 is 1.19 bits per heavy atom. The normalized spacial score (nSPS) is 12.1. The van der Waals surface area contributed by atoms with Gasteiger partial charge in [-0.25, -0.2) is 8.78 Å². The molecular formula is C19H18F2N2OS2. The molecule has 0 spiro atoms. The van der Waals surface area contributed by atoms with E-state index in [1.54, 1.807) is 11.8 Å². The minimum absolute atomic E-state index is 0.451. The average Bonchev–Trinajstić information content (AvgIpc) is 2.89. The van der Waals surface area contributed by atoms with Gasteiger partial charge >= 0.3 is 0 Å². The van der Waals surface area contributed by atoms with E-state index in [4.69, 9.17) is 0 Å². The number of amides is 1. The van der Waals surface area contributed by atoms with Gasteiger partial charge in [-0.05, 0) is 55.5 Å². The molecule has 3 rings (SSSR count). The third-order valence-electron chi connectivity index (χ3n) is 4.19. The Bertz CT molecular complexity index is 1030. The Morgan fingerprint density at radius 2 is 1.85 bits per heavy atom. The molecule has 3 aromatic rings. The van der Waals surface area contributed by atoms with Gasteiger partial charge in [0.25, 0.3) is 5.91 Å². The molecule has 1 amide bonds. The molecule has 0 saturated heterocycles. The highest BCUT2D eigenvalue weighted by molar-refractivity contribution is 7.98. The molecule has 7 heteroatoms. The van der Waals surface area contributed by atoms with Gasteiger partial charge in [-0.2, -0.15) is 16.8 Å². The number of carbonyl (C=O) groups excluding carboxylic acids is 1. The van der Waals surface area contributed by atoms with E-state index < -0.39 is 23.1 Å². The molecule has 0 radical (unpaired) electrons. The van der Waals surface area contributed by atoms with Crippen LogP contribution >= 0.6 is 23.1 Å². The quantitative estimate of drug-likeness (QED) is 0.645. The molecule has 3 nitrogen and oxygen atoms in total. The van der Waals surface area contributed by atoms with E-state index in [1.807, 2.05) is 24.7 Å². The molecule has 0 aliphatic heterocycles. The predicted octanol–water partition coefficient (Wildman–Crippen LogP) is 4.70. The van der Waals surface area contributed by atoms with Crippen LogP contribution in [0.1, 0.15) is 21.5 Å². The Morgan fingerprint density at radius 3 is 2.50 bits per heavy atom. The number of fused-ring (bicyclic) bond motifs is 1. The van der Waals surface area contributed by atoms with Crippen LogP contribution in [0.4, 0.5) is 8.78 Å². The smallest absolute Gasteiger partial charge is 0.285 e. The predicted molar refractivity (Wildman–Crippen MR) is 104 cm³/mol. The van der Waals surface area contributed by atoms with E-state index in [1.165, 1.54) is 17.4 Å². The third kappa shape index (κ3) is 3.59. The second kappa shape index (κ2) is 7.72. The number of aryl methyl sites for hydroxylation is 3. The summed E-state index contributed by atoms with van der Waals surface area (Å²) in [7, 11) is 0. The number of halogens is 2. The molecule has 1 heterocycles. The summed E-state index contributed by atoms with van der Waals surface area (Å²) in [4.78, 5) is 16.9. The van der Waals surface area contributed by atoms with Crippen molar-refractivity contribution in [1.29, 1.82) is 0 Å². The first kappa shape index (κ1) is 18.8. The Labute approximate surface area is 158 Å². The summed E-state index contributed by atoms with van der Waals surface area (Å²) in [6.45, 7) is 4.72. The highest BCUT2D eigenvalue weighted by atomic mass is 32.2. The van der Waals surface area contributed by atoms with E-state index >= 15 is 0 Å². The number of nitrogens with zero attached hydrogens (tertiary/aromatic N) is 2. The molecule has 136 valence electrons. The van der Waals surface area contributed by atoms with Crippen molar-refractivity contribution >= 4 is 39.2 Å². The van der Waals surface area contributed by atoms with Crippen LogP contribution in [-0.4, -0.2) is 22.5 Å². The monoisotopic (exact) mass is 392 g/mol. The number of hydrogen-bond acceptors (Lipinski definition) is 3. The molecule has 2 aromatic carbocycles. The van der Waals surface area contributed by atoms with Crippen molar-refractivity contribution in [3.05, 3.63) is 63.5 Å². The summed E-state index contributed by atoms with van der Waals surface area (Å²) < 4.78 is 30.7. The number of benzene rings is 2. The van der Waals surface area contributed by atoms with Gasteiger partial charge in [0.05, 0.1) is 10.2 Å². The lowest BCUT2D eigenvalue weighted by Gasteiger charge is -2.06. The molecule has 0 atom stereocenters. The van der Waals surface area contributed by atoms with Gasteiger partial charge in [0.15, 0.2) is 4.80 Å². The topological polar surface area (TPSA) is 34.4 Å². The number of thioether (sulfide) groups is 1. The Balaban J connectivity index is 2.19. The van der Waals surface area contributed by atoms with Crippen molar-refractivity contribution in [3.63, 3.8) is 0 Å². The van der Waals surface area contributed by atoms with Gasteiger partial charge in [0.2, 0.25) is 0 Å². The third-order valence-corrected chi connectivity index (χ3v) is 5.82. The highest BCUT2D eigenvalue weighted by Gasteiger charge is 2.17. The van der Waals surface area contributed by atoms with Gasteiger partial charge in [0.1, 0.15) is 17.2 Å². The van der Waals surface area contributed by atoms with Crippen LogP contribution in [0.3, 0.4) is 0 Å². The second-order valence-corrected chi connectivity index (χ2v) is 7.94. The lowest BCUT2D eigenvalue weighted by atomic mass is 10.1. The molecule has 0 aliphatic rings. The maximum Gasteiger partial charge on any atom is 0.285 e. The molecule has 26 heavy (non-hydrogen) atoms. The van der Waals surface area contributed by atoms with Crippen LogP contribution in [0.15, 0.2) is 35.3 Å². The fourth-order valence-electron chi connectivity index (χ4n) is 2.65. The summed E-state index contributed by atoms with van der Waals surface area (Å²) >= 11 is 3.04. The van der Waals surface area contributed by atoms with Crippen LogP contribution in [-0.2, 0) is 6.54 Å². The maximum atomic E-state index is 13.9. The van der Waals surface area contributed by atoms with Crippen LogP contribution < -0.4 is 4.80 Å². The van der Waals surface area contributed by atoms with E-state index in [-0.39, 0.29) is 0 Å². The molecule has 0 bridgehead atoms. The first-order chi connectivity index (χ1) is 12.4. The molecule has 0 fully saturated rings. The van der Waals surface area contributed by atoms with Crippen molar-refractivity contribution in [3.8, 4) is 0 Å². The van der Waals surface area contributed by atoms with Gasteiger partial charge in [-0.15, -0.1) is 0 Å². The van der Waals surface area contributed by atoms with Crippen molar-refractivity contribution in [2.75, 3.05) is 12.0 Å². The number of carbonyl (C=O) groups is 1. The van der Waals surface area contributed by atoms with E-state index in [2.05, 4.69) is 17.1 Å². The first-order valence-electron chi connectivity index (χ1n) is 8.05. The molecule has 0 saturated carbocycles. The lowest BCUT2D eigenvalue weighted by molar-refractivity contribution is 0.0990. The average molecular weight is 392 g/mol. The van der Waals surface area contributed by atoms with E-state index in [0.717, 1.165) is 39.2 Å². The summed E-state index contributed by atoms with van der Waals surface area (Å²) in [5.74, 6) is -1.86. The summed E-state index contributed by atoms with van der Waals surface area (Å²) in [5, 5.41) is 0. The molecular weight excluding hydrogens is 374 g/mol. The molecule has 0 aliphatic carbocycles. The first-order valence-corrected chi connectivity index (χ1v) is 10.3. The number of hydrogen-bond donors (Lipinski definition) is 0. The SMILES string of the molecule is CSCCn1c(=NC(=O)c2c(F)cccc2F)sc2cc(C)c(C)cc21. The van der Waals surface area contributed by atoms with Gasteiger partial charge < -0.3 is 4.57 Å². The second-order valence-electron chi connectivity index (χ2n) is 5.95. The Hall–Kier alpha value is -1.99. The van der Waals surface area contributed by atoms with Crippen LogP contribution in [0, 0.1) is 25.5 Å². The zero-order valence-electron chi connectivity index (χ0n) is 14.7. The standard InChI is InChI=1S/C19H18F2N2OS2/c1-11-9-15-16(10-12(11)2)26-19(23(15)7-8-25-3)22-18(24)17-13(20)5-4-6-14(17)21/h4-6,9-10H,7-8H2,1-3H3. The fourth-order valence-corrected chi connectivity index (χ4v) is 4.15. The lowest BCUT2D eigenvalue weighted by Crippen LogP contribution is -2.19. The minimum Gasteiger partial charge on any atom is -0.315 e.